The van der Waals surface area contributed by atoms with Crippen LogP contribution in [0.15, 0.2) is 24.4 Å². The molecule has 0 saturated heterocycles. The number of nitrogens with zero attached hydrogens (tertiary/aromatic N) is 2. The van der Waals surface area contributed by atoms with Gasteiger partial charge in [0.25, 0.3) is 5.91 Å². The van der Waals surface area contributed by atoms with Gasteiger partial charge in [0.15, 0.2) is 0 Å². The second kappa shape index (κ2) is 8.52. The quantitative estimate of drug-likeness (QED) is 0.534. The minimum Gasteiger partial charge on any atom is -0.489 e. The van der Waals surface area contributed by atoms with E-state index in [1.54, 1.807) is 0 Å². The van der Waals surface area contributed by atoms with Crippen molar-refractivity contribution in [2.75, 3.05) is 42.3 Å². The number of fused-ring (bicyclic) bond motifs is 1. The molecular weight excluding hydrogens is 372 g/mol. The molecule has 2 aliphatic rings. The maximum Gasteiger partial charge on any atom is 0.254 e. The average Bonchev–Trinajstić information content (AvgIpc) is 3.54. The zero-order valence-electron chi connectivity index (χ0n) is 16.4. The summed E-state index contributed by atoms with van der Waals surface area (Å²) in [4.78, 5) is 20.3. The molecule has 154 valence electrons. The molecule has 1 saturated carbocycles. The van der Waals surface area contributed by atoms with Crippen molar-refractivity contribution in [1.29, 1.82) is 0 Å². The third kappa shape index (κ3) is 4.86. The van der Waals surface area contributed by atoms with Crippen LogP contribution in [-0.2, 0) is 4.74 Å². The summed E-state index contributed by atoms with van der Waals surface area (Å²) < 4.78 is 11.5. The predicted octanol–water partition coefficient (Wildman–Crippen LogP) is 2.35. The van der Waals surface area contributed by atoms with Crippen LogP contribution >= 0.6 is 0 Å². The number of amides is 1. The van der Waals surface area contributed by atoms with E-state index in [2.05, 4.69) is 25.9 Å². The molecule has 2 aromatic rings. The Kier molecular flexibility index (Phi) is 5.66. The van der Waals surface area contributed by atoms with E-state index in [4.69, 9.17) is 15.2 Å². The Hall–Kier alpha value is -3.07. The lowest BCUT2D eigenvalue weighted by molar-refractivity contribution is 0.0393. The molecule has 1 aliphatic heterocycles. The first-order chi connectivity index (χ1) is 14.1. The first-order valence-electron chi connectivity index (χ1n) is 9.92. The molecule has 2 heterocycles. The van der Waals surface area contributed by atoms with Gasteiger partial charge in [0, 0.05) is 31.6 Å². The lowest BCUT2D eigenvalue weighted by Gasteiger charge is -2.13. The smallest absolute Gasteiger partial charge is 0.254 e. The molecule has 1 aliphatic carbocycles. The predicted molar refractivity (Wildman–Crippen MR) is 111 cm³/mol. The molecule has 0 unspecified atom stereocenters. The second-order valence-corrected chi connectivity index (χ2v) is 7.25. The highest BCUT2D eigenvalue weighted by Gasteiger charge is 2.22. The molecule has 1 aromatic heterocycles. The third-order valence-corrected chi connectivity index (χ3v) is 4.89. The van der Waals surface area contributed by atoms with Crippen molar-refractivity contribution in [3.63, 3.8) is 0 Å². The number of nitrogens with two attached hydrogens (primary N) is 1. The lowest BCUT2D eigenvalue weighted by Crippen LogP contribution is -2.27. The summed E-state index contributed by atoms with van der Waals surface area (Å²) in [5, 5.41) is 9.76. The Morgan fingerprint density at radius 3 is 3.03 bits per heavy atom. The summed E-state index contributed by atoms with van der Waals surface area (Å²) in [6.45, 7) is 4.57. The van der Waals surface area contributed by atoms with Gasteiger partial charge in [0.1, 0.15) is 24.3 Å². The minimum absolute atomic E-state index is 0.00795. The van der Waals surface area contributed by atoms with Crippen molar-refractivity contribution in [1.82, 2.24) is 9.97 Å². The van der Waals surface area contributed by atoms with E-state index in [0.717, 1.165) is 23.7 Å². The SMILES string of the molecule is CCO[C@H]1CNc2cc(Nc3ncc(C(N)=O)c(NCC4CC4)n3)ccc2OC1. The number of hydrogen-bond donors (Lipinski definition) is 4. The van der Waals surface area contributed by atoms with E-state index in [1.807, 2.05) is 25.1 Å². The number of nitrogens with one attached hydrogen (secondary N) is 3. The second-order valence-electron chi connectivity index (χ2n) is 7.25. The van der Waals surface area contributed by atoms with Crippen molar-refractivity contribution in [3.8, 4) is 5.75 Å². The van der Waals surface area contributed by atoms with Crippen LogP contribution in [0.4, 0.5) is 23.1 Å². The molecule has 5 N–H and O–H groups in total. The number of carbonyl (C=O) groups is 1. The first kappa shape index (κ1) is 19.3. The van der Waals surface area contributed by atoms with E-state index < -0.39 is 5.91 Å². The molecule has 1 amide bonds. The van der Waals surface area contributed by atoms with Crippen LogP contribution < -0.4 is 26.4 Å². The number of rotatable bonds is 8. The van der Waals surface area contributed by atoms with Gasteiger partial charge in [-0.1, -0.05) is 0 Å². The van der Waals surface area contributed by atoms with Crippen LogP contribution in [0.5, 0.6) is 5.75 Å². The molecule has 1 fully saturated rings. The number of ether oxygens (including phenoxy) is 2. The van der Waals surface area contributed by atoms with Crippen LogP contribution in [-0.4, -0.2) is 48.3 Å². The Bertz CT molecular complexity index is 887. The Balaban J connectivity index is 1.49. The van der Waals surface area contributed by atoms with Gasteiger partial charge < -0.3 is 31.2 Å². The van der Waals surface area contributed by atoms with E-state index >= 15 is 0 Å². The number of carbonyl (C=O) groups excluding carboxylic acids is 1. The van der Waals surface area contributed by atoms with Crippen LogP contribution in [0.25, 0.3) is 0 Å². The highest BCUT2D eigenvalue weighted by molar-refractivity contribution is 5.97. The van der Waals surface area contributed by atoms with Crippen LogP contribution in [0, 0.1) is 5.92 Å². The molecule has 9 nitrogen and oxygen atoms in total. The highest BCUT2D eigenvalue weighted by Crippen LogP contribution is 2.32. The van der Waals surface area contributed by atoms with Crippen LogP contribution in [0.1, 0.15) is 30.1 Å². The number of anilines is 4. The van der Waals surface area contributed by atoms with E-state index in [0.29, 0.717) is 37.4 Å². The fourth-order valence-corrected chi connectivity index (χ4v) is 3.13. The molecule has 1 atom stereocenters. The fraction of sp³-hybridized carbons (Fsp3) is 0.450. The lowest BCUT2D eigenvalue weighted by atomic mass is 10.2. The maximum absolute atomic E-state index is 11.7. The fourth-order valence-electron chi connectivity index (χ4n) is 3.13. The summed E-state index contributed by atoms with van der Waals surface area (Å²) >= 11 is 0. The van der Waals surface area contributed by atoms with Gasteiger partial charge in [-0.2, -0.15) is 4.98 Å². The zero-order chi connectivity index (χ0) is 20.2. The average molecular weight is 398 g/mol. The van der Waals surface area contributed by atoms with Crippen molar-refractivity contribution in [3.05, 3.63) is 30.0 Å². The number of hydrogen-bond acceptors (Lipinski definition) is 8. The normalized spacial score (nSPS) is 18.0. The highest BCUT2D eigenvalue weighted by atomic mass is 16.5. The monoisotopic (exact) mass is 398 g/mol. The van der Waals surface area contributed by atoms with Gasteiger partial charge in [-0.25, -0.2) is 4.98 Å². The van der Waals surface area contributed by atoms with Crippen molar-refractivity contribution in [2.24, 2.45) is 11.7 Å². The van der Waals surface area contributed by atoms with Gasteiger partial charge in [-0.3, -0.25) is 4.79 Å². The van der Waals surface area contributed by atoms with Crippen molar-refractivity contribution in [2.45, 2.75) is 25.9 Å². The molecule has 0 radical (unpaired) electrons. The number of primary amides is 1. The van der Waals surface area contributed by atoms with E-state index in [-0.39, 0.29) is 11.7 Å². The van der Waals surface area contributed by atoms with E-state index in [1.165, 1.54) is 19.0 Å². The molecule has 1 aromatic carbocycles. The van der Waals surface area contributed by atoms with Gasteiger partial charge in [0.05, 0.1) is 11.3 Å². The zero-order valence-corrected chi connectivity index (χ0v) is 16.4. The van der Waals surface area contributed by atoms with Gasteiger partial charge >= 0.3 is 0 Å². The maximum atomic E-state index is 11.7. The number of benzene rings is 1. The molecule has 0 bridgehead atoms. The molecular formula is C20H26N6O3. The standard InChI is InChI=1S/C20H26N6O3/c1-2-28-14-9-22-16-7-13(5-6-17(16)29-11-14)25-20-24-10-15(18(21)27)19(26-20)23-8-12-3-4-12/h5-7,10,12,14,22H,2-4,8-9,11H2,1H3,(H2,21,27)(H2,23,24,25,26)/t14-/m0/s1. The Morgan fingerprint density at radius 2 is 2.28 bits per heavy atom. The molecule has 29 heavy (non-hydrogen) atoms. The Morgan fingerprint density at radius 1 is 1.41 bits per heavy atom. The summed E-state index contributed by atoms with van der Waals surface area (Å²) in [7, 11) is 0. The van der Waals surface area contributed by atoms with Crippen molar-refractivity contribution < 1.29 is 14.3 Å². The van der Waals surface area contributed by atoms with Crippen LogP contribution in [0.3, 0.4) is 0 Å². The number of aromatic nitrogens is 2. The van der Waals surface area contributed by atoms with Gasteiger partial charge in [0.2, 0.25) is 5.95 Å². The molecule has 9 heteroatoms. The topological polar surface area (TPSA) is 123 Å². The first-order valence-corrected chi connectivity index (χ1v) is 9.92. The largest absolute Gasteiger partial charge is 0.489 e. The van der Waals surface area contributed by atoms with Crippen molar-refractivity contribution >= 4 is 29.0 Å². The molecule has 0 spiro atoms. The summed E-state index contributed by atoms with van der Waals surface area (Å²) in [6, 6.07) is 5.72. The van der Waals surface area contributed by atoms with Gasteiger partial charge in [-0.15, -0.1) is 0 Å². The summed E-state index contributed by atoms with van der Waals surface area (Å²) in [5.41, 5.74) is 7.41. The van der Waals surface area contributed by atoms with E-state index in [9.17, 15) is 4.79 Å². The summed E-state index contributed by atoms with van der Waals surface area (Å²) in [6.07, 6.45) is 3.85. The Labute approximate surface area is 169 Å². The van der Waals surface area contributed by atoms with Crippen LogP contribution in [0.2, 0.25) is 0 Å². The molecule has 4 rings (SSSR count). The summed E-state index contributed by atoms with van der Waals surface area (Å²) in [5.74, 6) is 1.70. The minimum atomic E-state index is -0.551. The van der Waals surface area contributed by atoms with Gasteiger partial charge in [-0.05, 0) is 43.9 Å². The third-order valence-electron chi connectivity index (χ3n) is 4.89.